The van der Waals surface area contributed by atoms with E-state index >= 15 is 0 Å². The zero-order valence-electron chi connectivity index (χ0n) is 16.3. The minimum Gasteiger partial charge on any atom is -0.348 e. The molecule has 4 rings (SSSR count). The Labute approximate surface area is 162 Å². The average molecular weight is 375 g/mol. The van der Waals surface area contributed by atoms with E-state index in [9.17, 15) is 4.79 Å². The van der Waals surface area contributed by atoms with Crippen LogP contribution in [-0.2, 0) is 6.54 Å². The number of nitrogens with one attached hydrogen (secondary N) is 1. The van der Waals surface area contributed by atoms with Gasteiger partial charge in [0.15, 0.2) is 0 Å². The summed E-state index contributed by atoms with van der Waals surface area (Å²) in [6.07, 6.45) is 0. The molecule has 0 bridgehead atoms. The number of amides is 1. The van der Waals surface area contributed by atoms with E-state index in [-0.39, 0.29) is 5.91 Å². The fourth-order valence-corrected chi connectivity index (χ4v) is 3.41. The number of pyridine rings is 1. The van der Waals surface area contributed by atoms with Crippen LogP contribution in [0.3, 0.4) is 0 Å². The zero-order chi connectivity index (χ0) is 19.8. The van der Waals surface area contributed by atoms with Crippen LogP contribution in [0, 0.1) is 27.7 Å². The first kappa shape index (κ1) is 17.9. The molecule has 142 valence electrons. The van der Waals surface area contributed by atoms with Crippen LogP contribution in [0.4, 0.5) is 0 Å². The smallest absolute Gasteiger partial charge is 0.258 e. The van der Waals surface area contributed by atoms with Gasteiger partial charge < -0.3 is 9.84 Å². The van der Waals surface area contributed by atoms with Crippen LogP contribution in [0.15, 0.2) is 40.9 Å². The summed E-state index contributed by atoms with van der Waals surface area (Å²) < 4.78 is 7.12. The number of fused-ring (bicyclic) bond motifs is 1. The van der Waals surface area contributed by atoms with Crippen LogP contribution in [0.1, 0.15) is 38.7 Å². The van der Waals surface area contributed by atoms with Crippen LogP contribution in [-0.4, -0.2) is 25.8 Å². The molecule has 0 spiro atoms. The van der Waals surface area contributed by atoms with Crippen molar-refractivity contribution in [3.63, 3.8) is 0 Å². The van der Waals surface area contributed by atoms with E-state index in [1.807, 2.05) is 55.8 Å². The highest BCUT2D eigenvalue weighted by molar-refractivity contribution is 6.06. The van der Waals surface area contributed by atoms with Crippen molar-refractivity contribution in [1.82, 2.24) is 25.2 Å². The summed E-state index contributed by atoms with van der Waals surface area (Å²) in [7, 11) is 0. The summed E-state index contributed by atoms with van der Waals surface area (Å²) in [6, 6.07) is 11.7. The van der Waals surface area contributed by atoms with Gasteiger partial charge in [-0.25, -0.2) is 9.67 Å². The minimum atomic E-state index is -0.187. The molecule has 0 radical (unpaired) electrons. The fraction of sp³-hybridized carbons (Fsp3) is 0.238. The summed E-state index contributed by atoms with van der Waals surface area (Å²) in [6.45, 7) is 7.97. The Morgan fingerprint density at radius 1 is 1.11 bits per heavy atom. The van der Waals surface area contributed by atoms with Gasteiger partial charge in [-0.2, -0.15) is 5.10 Å². The summed E-state index contributed by atoms with van der Waals surface area (Å²) in [5.41, 5.74) is 6.14. The van der Waals surface area contributed by atoms with Gasteiger partial charge in [-0.1, -0.05) is 23.4 Å². The Morgan fingerprint density at radius 3 is 2.61 bits per heavy atom. The number of nitrogens with zero attached hydrogens (tertiary/aromatic N) is 4. The molecule has 3 aromatic heterocycles. The number of carbonyl (C=O) groups is 1. The third-order valence-corrected chi connectivity index (χ3v) is 4.86. The highest BCUT2D eigenvalue weighted by Crippen LogP contribution is 2.22. The Kier molecular flexibility index (Phi) is 4.43. The molecule has 28 heavy (non-hydrogen) atoms. The lowest BCUT2D eigenvalue weighted by atomic mass is 10.1. The highest BCUT2D eigenvalue weighted by atomic mass is 16.5. The topological polar surface area (TPSA) is 85.8 Å². The van der Waals surface area contributed by atoms with Gasteiger partial charge in [0.1, 0.15) is 0 Å². The van der Waals surface area contributed by atoms with Gasteiger partial charge in [0.25, 0.3) is 11.6 Å². The van der Waals surface area contributed by atoms with Gasteiger partial charge in [-0.15, -0.1) is 0 Å². The molecule has 7 heteroatoms. The average Bonchev–Trinajstić information content (AvgIpc) is 3.19. The standard InChI is InChI=1S/C21H21N5O2/c1-12-10-17(19-14(3)25-28-21(19)23-12)20(27)22-11-18-13(2)24-26(15(18)4)16-8-6-5-7-9-16/h5-10H,11H2,1-4H3,(H,22,27). The van der Waals surface area contributed by atoms with E-state index < -0.39 is 0 Å². The van der Waals surface area contributed by atoms with Crippen LogP contribution < -0.4 is 5.32 Å². The quantitative estimate of drug-likeness (QED) is 0.589. The van der Waals surface area contributed by atoms with Gasteiger partial charge in [0, 0.05) is 23.5 Å². The van der Waals surface area contributed by atoms with Crippen LogP contribution in [0.25, 0.3) is 16.8 Å². The Hall–Kier alpha value is -3.48. The van der Waals surface area contributed by atoms with Crippen LogP contribution in [0.2, 0.25) is 0 Å². The lowest BCUT2D eigenvalue weighted by molar-refractivity contribution is 0.0952. The fourth-order valence-electron chi connectivity index (χ4n) is 3.41. The largest absolute Gasteiger partial charge is 0.348 e. The maximum atomic E-state index is 12.9. The van der Waals surface area contributed by atoms with E-state index in [0.29, 0.717) is 34.6 Å². The molecule has 0 saturated heterocycles. The number of rotatable bonds is 4. The van der Waals surface area contributed by atoms with Gasteiger partial charge in [0.2, 0.25) is 0 Å². The first-order chi connectivity index (χ1) is 13.5. The summed E-state index contributed by atoms with van der Waals surface area (Å²) in [5, 5.41) is 12.2. The van der Waals surface area contributed by atoms with Crippen molar-refractivity contribution in [2.45, 2.75) is 34.2 Å². The highest BCUT2D eigenvalue weighted by Gasteiger charge is 2.19. The predicted molar refractivity (Wildman–Crippen MR) is 105 cm³/mol. The van der Waals surface area contributed by atoms with E-state index in [4.69, 9.17) is 4.52 Å². The maximum absolute atomic E-state index is 12.9. The second kappa shape index (κ2) is 6.92. The lowest BCUT2D eigenvalue weighted by Crippen LogP contribution is -2.24. The van der Waals surface area contributed by atoms with Crippen molar-refractivity contribution < 1.29 is 9.32 Å². The molecule has 0 unspecified atom stereocenters. The predicted octanol–water partition coefficient (Wildman–Crippen LogP) is 3.57. The van der Waals surface area contributed by atoms with E-state index in [1.54, 1.807) is 13.0 Å². The second-order valence-electron chi connectivity index (χ2n) is 6.84. The molecule has 0 aliphatic carbocycles. The van der Waals surface area contributed by atoms with Crippen molar-refractivity contribution in [3.8, 4) is 5.69 Å². The summed E-state index contributed by atoms with van der Waals surface area (Å²) in [5.74, 6) is -0.187. The molecule has 1 amide bonds. The zero-order valence-corrected chi connectivity index (χ0v) is 16.3. The summed E-state index contributed by atoms with van der Waals surface area (Å²) in [4.78, 5) is 17.2. The molecule has 1 N–H and O–H groups in total. The molecule has 0 atom stereocenters. The van der Waals surface area contributed by atoms with Crippen molar-refractivity contribution in [2.24, 2.45) is 0 Å². The van der Waals surface area contributed by atoms with Crippen molar-refractivity contribution in [2.75, 3.05) is 0 Å². The van der Waals surface area contributed by atoms with Gasteiger partial charge >= 0.3 is 0 Å². The number of carbonyl (C=O) groups excluding carboxylic acids is 1. The molecule has 0 aliphatic rings. The molecule has 4 aromatic rings. The van der Waals surface area contributed by atoms with Gasteiger partial charge in [-0.05, 0) is 45.9 Å². The molecule has 0 aliphatic heterocycles. The number of aryl methyl sites for hydroxylation is 3. The lowest BCUT2D eigenvalue weighted by Gasteiger charge is -2.08. The normalized spacial score (nSPS) is 11.1. The Balaban J connectivity index is 1.62. The van der Waals surface area contributed by atoms with E-state index in [1.165, 1.54) is 0 Å². The molecule has 0 saturated carbocycles. The molecular weight excluding hydrogens is 354 g/mol. The summed E-state index contributed by atoms with van der Waals surface area (Å²) >= 11 is 0. The molecule has 0 fully saturated rings. The van der Waals surface area contributed by atoms with Crippen molar-refractivity contribution in [3.05, 3.63) is 70.3 Å². The number of hydrogen-bond acceptors (Lipinski definition) is 5. The monoisotopic (exact) mass is 375 g/mol. The third kappa shape index (κ3) is 3.05. The van der Waals surface area contributed by atoms with Crippen LogP contribution in [0.5, 0.6) is 0 Å². The first-order valence-corrected chi connectivity index (χ1v) is 9.08. The number of hydrogen-bond donors (Lipinski definition) is 1. The van der Waals surface area contributed by atoms with Gasteiger partial charge in [0.05, 0.1) is 28.0 Å². The molecular formula is C21H21N5O2. The first-order valence-electron chi connectivity index (χ1n) is 9.08. The Morgan fingerprint density at radius 2 is 1.86 bits per heavy atom. The number of benzene rings is 1. The van der Waals surface area contributed by atoms with Crippen LogP contribution >= 0.6 is 0 Å². The van der Waals surface area contributed by atoms with Crippen molar-refractivity contribution in [1.29, 1.82) is 0 Å². The van der Waals surface area contributed by atoms with Crippen molar-refractivity contribution >= 4 is 17.0 Å². The third-order valence-electron chi connectivity index (χ3n) is 4.86. The molecule has 1 aromatic carbocycles. The maximum Gasteiger partial charge on any atom is 0.258 e. The SMILES string of the molecule is Cc1cc(C(=O)NCc2c(C)nn(-c3ccccc3)c2C)c2c(C)noc2n1. The van der Waals surface area contributed by atoms with E-state index in [2.05, 4.69) is 20.6 Å². The molecule has 7 nitrogen and oxygen atoms in total. The number of aromatic nitrogens is 4. The van der Waals surface area contributed by atoms with Gasteiger partial charge in [-0.3, -0.25) is 4.79 Å². The second-order valence-corrected chi connectivity index (χ2v) is 6.84. The Bertz CT molecular complexity index is 1170. The number of para-hydroxylation sites is 1. The minimum absolute atomic E-state index is 0.187. The molecule has 3 heterocycles. The van der Waals surface area contributed by atoms with E-state index in [0.717, 1.165) is 22.6 Å².